The van der Waals surface area contributed by atoms with Gasteiger partial charge >= 0.3 is 0 Å². The van der Waals surface area contributed by atoms with E-state index in [2.05, 4.69) is 10.3 Å². The molecule has 1 heterocycles. The van der Waals surface area contributed by atoms with Gasteiger partial charge in [0.2, 0.25) is 5.91 Å². The van der Waals surface area contributed by atoms with E-state index in [1.807, 2.05) is 37.2 Å². The number of amides is 1. The Morgan fingerprint density at radius 2 is 1.96 bits per heavy atom. The summed E-state index contributed by atoms with van der Waals surface area (Å²) in [5.41, 5.74) is 7.21. The molecule has 3 rings (SSSR count). The van der Waals surface area contributed by atoms with Crippen LogP contribution in [0.15, 0.2) is 18.2 Å². The third kappa shape index (κ3) is 4.19. The number of anilines is 1. The first kappa shape index (κ1) is 19.0. The van der Waals surface area contributed by atoms with Gasteiger partial charge in [0.1, 0.15) is 5.82 Å². The summed E-state index contributed by atoms with van der Waals surface area (Å²) in [5.74, 6) is 2.28. The first-order chi connectivity index (χ1) is 11.0. The standard InChI is InChI=1S/C18H28N4O.ClH/c1-22(2)16-8-4-7-15(21-16)11-20-18(23)14-9-12-5-3-6-13(10-14)17(12)19;/h4,7-8,12-14,17H,3,5-6,9-11,19H2,1-2H3,(H,20,23);1H. The maximum absolute atomic E-state index is 12.5. The fourth-order valence-corrected chi connectivity index (χ4v) is 4.14. The number of fused-ring (bicyclic) bond motifs is 2. The molecule has 2 fully saturated rings. The number of nitrogens with zero attached hydrogens (tertiary/aromatic N) is 2. The second-order valence-electron chi connectivity index (χ2n) is 7.30. The van der Waals surface area contributed by atoms with Crippen molar-refractivity contribution in [3.05, 3.63) is 23.9 Å². The lowest BCUT2D eigenvalue weighted by Gasteiger charge is -2.43. The van der Waals surface area contributed by atoms with Crippen LogP contribution < -0.4 is 16.0 Å². The molecule has 1 aromatic heterocycles. The van der Waals surface area contributed by atoms with Gasteiger partial charge in [0, 0.05) is 26.1 Å². The van der Waals surface area contributed by atoms with Gasteiger partial charge in [-0.3, -0.25) is 4.79 Å². The molecule has 2 unspecified atom stereocenters. The molecular formula is C18H29ClN4O. The zero-order valence-corrected chi connectivity index (χ0v) is 15.4. The molecule has 0 aliphatic heterocycles. The number of rotatable bonds is 4. The monoisotopic (exact) mass is 352 g/mol. The van der Waals surface area contributed by atoms with Gasteiger partial charge in [-0.2, -0.15) is 0 Å². The number of hydrogen-bond acceptors (Lipinski definition) is 4. The van der Waals surface area contributed by atoms with Crippen LogP contribution in [0.1, 0.15) is 37.8 Å². The largest absolute Gasteiger partial charge is 0.363 e. The normalized spacial score (nSPS) is 28.6. The number of halogens is 1. The van der Waals surface area contributed by atoms with E-state index in [1.54, 1.807) is 0 Å². The van der Waals surface area contributed by atoms with E-state index < -0.39 is 0 Å². The highest BCUT2D eigenvalue weighted by Crippen LogP contribution is 2.41. The predicted molar refractivity (Wildman–Crippen MR) is 99.2 cm³/mol. The summed E-state index contributed by atoms with van der Waals surface area (Å²) in [4.78, 5) is 19.1. The van der Waals surface area contributed by atoms with Crippen LogP contribution in [0.3, 0.4) is 0 Å². The highest BCUT2D eigenvalue weighted by atomic mass is 35.5. The molecule has 0 radical (unpaired) electrons. The first-order valence-electron chi connectivity index (χ1n) is 8.71. The highest BCUT2D eigenvalue weighted by Gasteiger charge is 2.40. The molecule has 0 aromatic carbocycles. The van der Waals surface area contributed by atoms with E-state index >= 15 is 0 Å². The Balaban J connectivity index is 0.00000208. The van der Waals surface area contributed by atoms with Crippen molar-refractivity contribution >= 4 is 24.1 Å². The SMILES string of the molecule is CN(C)c1cccc(CNC(=O)C2CC3CCCC(C2)C3N)n1.Cl. The van der Waals surface area contributed by atoms with Gasteiger partial charge in [0.05, 0.1) is 12.2 Å². The maximum atomic E-state index is 12.5. The summed E-state index contributed by atoms with van der Waals surface area (Å²) in [6.45, 7) is 0.498. The smallest absolute Gasteiger partial charge is 0.223 e. The molecule has 24 heavy (non-hydrogen) atoms. The number of aromatic nitrogens is 1. The van der Waals surface area contributed by atoms with Crippen LogP contribution in [0.2, 0.25) is 0 Å². The van der Waals surface area contributed by atoms with Crippen molar-refractivity contribution in [2.24, 2.45) is 23.5 Å². The van der Waals surface area contributed by atoms with Crippen LogP contribution in [0, 0.1) is 17.8 Å². The van der Waals surface area contributed by atoms with Crippen molar-refractivity contribution in [1.29, 1.82) is 0 Å². The van der Waals surface area contributed by atoms with Crippen molar-refractivity contribution in [2.75, 3.05) is 19.0 Å². The fourth-order valence-electron chi connectivity index (χ4n) is 4.14. The average molecular weight is 353 g/mol. The summed E-state index contributed by atoms with van der Waals surface area (Å²) >= 11 is 0. The number of pyridine rings is 1. The third-order valence-corrected chi connectivity index (χ3v) is 5.48. The Morgan fingerprint density at radius 3 is 2.58 bits per heavy atom. The van der Waals surface area contributed by atoms with Crippen LogP contribution in [-0.2, 0) is 11.3 Å². The zero-order valence-electron chi connectivity index (χ0n) is 14.6. The molecule has 0 saturated heterocycles. The van der Waals surface area contributed by atoms with Gasteiger partial charge in [-0.1, -0.05) is 12.5 Å². The molecule has 2 aliphatic rings. The summed E-state index contributed by atoms with van der Waals surface area (Å²) in [7, 11) is 3.93. The Labute approximate surface area is 150 Å². The molecule has 134 valence electrons. The molecule has 1 aromatic rings. The Hall–Kier alpha value is -1.33. The molecule has 2 saturated carbocycles. The summed E-state index contributed by atoms with van der Waals surface area (Å²) in [6, 6.07) is 6.22. The highest BCUT2D eigenvalue weighted by molar-refractivity contribution is 5.85. The molecule has 3 N–H and O–H groups in total. The average Bonchev–Trinajstić information content (AvgIpc) is 2.52. The number of carbonyl (C=O) groups excluding carboxylic acids is 1. The Bertz CT molecular complexity index is 552. The third-order valence-electron chi connectivity index (χ3n) is 5.48. The summed E-state index contributed by atoms with van der Waals surface area (Å²) < 4.78 is 0. The molecule has 1 amide bonds. The van der Waals surface area contributed by atoms with Crippen molar-refractivity contribution in [3.8, 4) is 0 Å². The summed E-state index contributed by atoms with van der Waals surface area (Å²) in [6.07, 6.45) is 5.56. The number of nitrogens with two attached hydrogens (primary N) is 1. The van der Waals surface area contributed by atoms with Crippen molar-refractivity contribution < 1.29 is 4.79 Å². The van der Waals surface area contributed by atoms with Crippen molar-refractivity contribution in [1.82, 2.24) is 10.3 Å². The molecule has 6 heteroatoms. The predicted octanol–water partition coefficient (Wildman–Crippen LogP) is 2.34. The number of carbonyl (C=O) groups is 1. The number of hydrogen-bond donors (Lipinski definition) is 2. The van der Waals surface area contributed by atoms with E-state index in [-0.39, 0.29) is 24.2 Å². The topological polar surface area (TPSA) is 71.2 Å². The Morgan fingerprint density at radius 1 is 1.29 bits per heavy atom. The van der Waals surface area contributed by atoms with E-state index in [0.29, 0.717) is 24.4 Å². The van der Waals surface area contributed by atoms with E-state index in [9.17, 15) is 4.79 Å². The zero-order chi connectivity index (χ0) is 16.4. The minimum absolute atomic E-state index is 0. The van der Waals surface area contributed by atoms with Crippen LogP contribution in [0.25, 0.3) is 0 Å². The van der Waals surface area contributed by atoms with E-state index in [4.69, 9.17) is 5.73 Å². The van der Waals surface area contributed by atoms with Crippen LogP contribution in [0.4, 0.5) is 5.82 Å². The van der Waals surface area contributed by atoms with Gasteiger partial charge in [0.25, 0.3) is 0 Å². The second kappa shape index (κ2) is 8.17. The van der Waals surface area contributed by atoms with Gasteiger partial charge in [-0.15, -0.1) is 12.4 Å². The fraction of sp³-hybridized carbons (Fsp3) is 0.667. The molecule has 5 nitrogen and oxygen atoms in total. The lowest BCUT2D eigenvalue weighted by atomic mass is 9.65. The van der Waals surface area contributed by atoms with Crippen molar-refractivity contribution in [2.45, 2.75) is 44.7 Å². The second-order valence-corrected chi connectivity index (χ2v) is 7.30. The van der Waals surface area contributed by atoms with E-state index in [0.717, 1.165) is 24.4 Å². The molecule has 2 aliphatic carbocycles. The van der Waals surface area contributed by atoms with Gasteiger partial charge in [0.15, 0.2) is 0 Å². The van der Waals surface area contributed by atoms with Crippen LogP contribution in [0.5, 0.6) is 0 Å². The molecular weight excluding hydrogens is 324 g/mol. The Kier molecular flexibility index (Phi) is 6.47. The minimum atomic E-state index is 0. The van der Waals surface area contributed by atoms with Crippen LogP contribution in [-0.4, -0.2) is 31.0 Å². The van der Waals surface area contributed by atoms with Gasteiger partial charge in [-0.25, -0.2) is 4.98 Å². The van der Waals surface area contributed by atoms with Crippen molar-refractivity contribution in [3.63, 3.8) is 0 Å². The lowest BCUT2D eigenvalue weighted by Crippen LogP contribution is -2.49. The van der Waals surface area contributed by atoms with E-state index in [1.165, 1.54) is 19.3 Å². The lowest BCUT2D eigenvalue weighted by molar-refractivity contribution is -0.128. The van der Waals surface area contributed by atoms with Crippen LogP contribution >= 0.6 is 12.4 Å². The molecule has 2 bridgehead atoms. The molecule has 0 spiro atoms. The number of nitrogens with one attached hydrogen (secondary N) is 1. The maximum Gasteiger partial charge on any atom is 0.223 e. The quantitative estimate of drug-likeness (QED) is 0.872. The first-order valence-corrected chi connectivity index (χ1v) is 8.71. The minimum Gasteiger partial charge on any atom is -0.363 e. The van der Waals surface area contributed by atoms with Gasteiger partial charge < -0.3 is 16.0 Å². The summed E-state index contributed by atoms with van der Waals surface area (Å²) in [5, 5.41) is 3.08. The van der Waals surface area contributed by atoms with Gasteiger partial charge in [-0.05, 0) is 49.7 Å². The molecule has 2 atom stereocenters.